The highest BCUT2D eigenvalue weighted by molar-refractivity contribution is 9.10. The number of Topliss-reactive ketones (excluding diaryl/α,β-unsaturated/α-hetero) is 1. The van der Waals surface area contributed by atoms with Gasteiger partial charge in [-0.1, -0.05) is 182 Å². The first-order valence-electron chi connectivity index (χ1n) is 27.7. The van der Waals surface area contributed by atoms with Gasteiger partial charge in [0.05, 0.1) is 37.9 Å². The number of aliphatic hydroxyl groups is 1. The van der Waals surface area contributed by atoms with Crippen LogP contribution < -0.4 is 9.47 Å². The summed E-state index contributed by atoms with van der Waals surface area (Å²) < 4.78 is 25.8. The van der Waals surface area contributed by atoms with Gasteiger partial charge in [-0.15, -0.1) is 0 Å². The number of nitrogens with zero attached hydrogens (tertiary/aromatic N) is 2. The van der Waals surface area contributed by atoms with Gasteiger partial charge in [0.25, 0.3) is 0 Å². The van der Waals surface area contributed by atoms with Gasteiger partial charge in [0.2, 0.25) is 11.6 Å². The SMILES string of the molecule is Cc1ccc(C(c2ccc(C)cc2)N(CCc2ccc(Br)cc2)CC(=O)c2ccc3c(c2)COC(C)(C)O3)cc1.Cc1ccc(C(c2ccc(C)cc2)N(CCc2ccc(Br)cc2)CC(O)c2ccc3c(c2)COC(C)(C)O3)cc1. The predicted octanol–water partition coefficient (Wildman–Crippen LogP) is 16.3. The molecule has 0 aromatic heterocycles. The van der Waals surface area contributed by atoms with Crippen LogP contribution in [0.15, 0.2) is 191 Å². The van der Waals surface area contributed by atoms with Gasteiger partial charge in [-0.05, 0) is 134 Å². The summed E-state index contributed by atoms with van der Waals surface area (Å²) in [5.41, 5.74) is 15.6. The Kier molecular flexibility index (Phi) is 19.1. The molecule has 0 amide bonds. The predicted molar refractivity (Wildman–Crippen MR) is 328 cm³/mol. The van der Waals surface area contributed by atoms with Gasteiger partial charge >= 0.3 is 0 Å². The van der Waals surface area contributed by atoms with Crippen LogP contribution in [-0.2, 0) is 35.5 Å². The second kappa shape index (κ2) is 26.1. The smallest absolute Gasteiger partial charge is 0.205 e. The fraction of sp³-hybridized carbons (Fsp3) is 0.300. The van der Waals surface area contributed by atoms with Gasteiger partial charge in [-0.3, -0.25) is 14.6 Å². The lowest BCUT2D eigenvalue weighted by Crippen LogP contribution is -2.37. The maximum atomic E-state index is 13.9. The fourth-order valence-corrected chi connectivity index (χ4v) is 10.9. The molecule has 0 fully saturated rings. The molecule has 0 bridgehead atoms. The summed E-state index contributed by atoms with van der Waals surface area (Å²) in [6.07, 6.45) is 1.02. The molecule has 80 heavy (non-hydrogen) atoms. The molecule has 0 saturated heterocycles. The van der Waals surface area contributed by atoms with E-state index in [0.717, 1.165) is 63.1 Å². The summed E-state index contributed by atoms with van der Waals surface area (Å²) in [5, 5.41) is 11.6. The van der Waals surface area contributed by atoms with Crippen LogP contribution in [0.25, 0.3) is 0 Å². The Morgan fingerprint density at radius 2 is 0.850 bits per heavy atom. The van der Waals surface area contributed by atoms with E-state index in [1.54, 1.807) is 0 Å². The highest BCUT2D eigenvalue weighted by Crippen LogP contribution is 2.37. The fourth-order valence-electron chi connectivity index (χ4n) is 10.4. The topological polar surface area (TPSA) is 80.7 Å². The lowest BCUT2D eigenvalue weighted by Gasteiger charge is -2.35. The number of carbonyl (C=O) groups is 1. The van der Waals surface area contributed by atoms with Crippen LogP contribution in [0.2, 0.25) is 0 Å². The zero-order chi connectivity index (χ0) is 56.6. The van der Waals surface area contributed by atoms with Crippen LogP contribution in [0, 0.1) is 27.7 Å². The van der Waals surface area contributed by atoms with Crippen molar-refractivity contribution in [2.75, 3.05) is 26.2 Å². The van der Waals surface area contributed by atoms with Crippen molar-refractivity contribution in [1.82, 2.24) is 9.80 Å². The number of hydrogen-bond acceptors (Lipinski definition) is 8. The third-order valence-electron chi connectivity index (χ3n) is 15.0. The van der Waals surface area contributed by atoms with E-state index in [4.69, 9.17) is 18.9 Å². The maximum Gasteiger partial charge on any atom is 0.205 e. The molecule has 1 atom stereocenters. The molecule has 10 rings (SSSR count). The van der Waals surface area contributed by atoms with Crippen molar-refractivity contribution in [3.8, 4) is 11.5 Å². The third kappa shape index (κ3) is 15.6. The average molecular weight is 1200 g/mol. The zero-order valence-electron chi connectivity index (χ0n) is 47.3. The van der Waals surface area contributed by atoms with Crippen molar-refractivity contribution in [3.63, 3.8) is 0 Å². The minimum atomic E-state index is -0.677. The molecule has 10 heteroatoms. The maximum absolute atomic E-state index is 13.9. The Labute approximate surface area is 491 Å². The molecular weight excluding hydrogens is 1120 g/mol. The van der Waals surface area contributed by atoms with E-state index in [-0.39, 0.29) is 24.4 Å². The van der Waals surface area contributed by atoms with Crippen LogP contribution in [0.3, 0.4) is 0 Å². The largest absolute Gasteiger partial charge is 0.463 e. The quantitative estimate of drug-likeness (QED) is 0.0851. The summed E-state index contributed by atoms with van der Waals surface area (Å²) in [6, 6.07) is 63.4. The molecule has 8 nitrogen and oxygen atoms in total. The van der Waals surface area contributed by atoms with E-state index in [0.29, 0.717) is 25.3 Å². The minimum absolute atomic E-state index is 0.00334. The molecular formula is C70H74Br2N2O6. The van der Waals surface area contributed by atoms with Gasteiger partial charge in [-0.2, -0.15) is 0 Å². The summed E-state index contributed by atoms with van der Waals surface area (Å²) in [5.74, 6) is 0.352. The Morgan fingerprint density at radius 3 is 1.27 bits per heavy atom. The summed E-state index contributed by atoms with van der Waals surface area (Å²) in [6.45, 7) is 19.2. The molecule has 0 saturated carbocycles. The molecule has 0 radical (unpaired) electrons. The van der Waals surface area contributed by atoms with Crippen molar-refractivity contribution in [3.05, 3.63) is 269 Å². The number of ether oxygens (including phenoxy) is 4. The van der Waals surface area contributed by atoms with Crippen LogP contribution >= 0.6 is 31.9 Å². The Balaban J connectivity index is 0.000000194. The lowest BCUT2D eigenvalue weighted by molar-refractivity contribution is -0.180. The monoisotopic (exact) mass is 1200 g/mol. The Morgan fingerprint density at radius 1 is 0.487 bits per heavy atom. The van der Waals surface area contributed by atoms with Crippen LogP contribution in [0.5, 0.6) is 11.5 Å². The minimum Gasteiger partial charge on any atom is -0.463 e. The number of benzene rings is 8. The van der Waals surface area contributed by atoms with Crippen molar-refractivity contribution < 1.29 is 28.8 Å². The van der Waals surface area contributed by atoms with Crippen molar-refractivity contribution in [2.45, 2.75) is 111 Å². The number of aryl methyl sites for hydroxylation is 4. The zero-order valence-corrected chi connectivity index (χ0v) is 50.5. The molecule has 1 unspecified atom stereocenters. The summed E-state index contributed by atoms with van der Waals surface area (Å²) in [7, 11) is 0. The number of aliphatic hydroxyl groups excluding tert-OH is 1. The van der Waals surface area contributed by atoms with E-state index < -0.39 is 17.7 Å². The average Bonchev–Trinajstić information content (AvgIpc) is 3.44. The normalized spacial score (nSPS) is 14.6. The van der Waals surface area contributed by atoms with E-state index in [1.807, 2.05) is 64.1 Å². The first-order valence-corrected chi connectivity index (χ1v) is 29.3. The number of rotatable bonds is 18. The highest BCUT2D eigenvalue weighted by Gasteiger charge is 2.32. The number of carbonyl (C=O) groups excluding carboxylic acids is 1. The highest BCUT2D eigenvalue weighted by atomic mass is 79.9. The lowest BCUT2D eigenvalue weighted by atomic mass is 9.94. The van der Waals surface area contributed by atoms with Crippen molar-refractivity contribution in [2.24, 2.45) is 0 Å². The van der Waals surface area contributed by atoms with Crippen LogP contribution in [0.1, 0.15) is 129 Å². The number of ketones is 1. The third-order valence-corrected chi connectivity index (χ3v) is 16.0. The van der Waals surface area contributed by atoms with Gasteiger partial charge in [0, 0.05) is 73.0 Å². The molecule has 0 aliphatic carbocycles. The van der Waals surface area contributed by atoms with Crippen molar-refractivity contribution >= 4 is 37.6 Å². The van der Waals surface area contributed by atoms with E-state index in [2.05, 4.69) is 215 Å². The summed E-state index contributed by atoms with van der Waals surface area (Å²) in [4.78, 5) is 18.6. The molecule has 8 aromatic carbocycles. The van der Waals surface area contributed by atoms with Crippen LogP contribution in [0.4, 0.5) is 0 Å². The van der Waals surface area contributed by atoms with E-state index in [1.165, 1.54) is 55.6 Å². The van der Waals surface area contributed by atoms with E-state index in [9.17, 15) is 9.90 Å². The first kappa shape index (κ1) is 58.4. The number of fused-ring (bicyclic) bond motifs is 2. The molecule has 8 aromatic rings. The number of hydrogen-bond donors (Lipinski definition) is 1. The van der Waals surface area contributed by atoms with E-state index >= 15 is 0 Å². The molecule has 2 aliphatic rings. The molecule has 1 N–H and O–H groups in total. The summed E-state index contributed by atoms with van der Waals surface area (Å²) >= 11 is 7.09. The molecule has 2 heterocycles. The Hall–Kier alpha value is -6.21. The van der Waals surface area contributed by atoms with Gasteiger partial charge in [0.15, 0.2) is 5.78 Å². The molecule has 2 aliphatic heterocycles. The standard InChI is InChI=1S/C35H38BrNO3.C35H36BrNO3/c2*1-24-5-11-27(12-6-24)34(28-13-7-25(2)8-14-28)37(20-19-26-9-16-31(36)17-10-26)22-32(38)29-15-18-33-30(21-29)23-39-35(3,4)40-33/h5-18,21,32,34,38H,19-20,22-23H2,1-4H3;5-18,21,34H,19-20,22-23H2,1-4H3. The first-order chi connectivity index (χ1) is 38.3. The van der Waals surface area contributed by atoms with Gasteiger partial charge in [-0.25, -0.2) is 0 Å². The molecule has 0 spiro atoms. The van der Waals surface area contributed by atoms with Crippen LogP contribution in [-0.4, -0.2) is 58.4 Å². The van der Waals surface area contributed by atoms with Crippen molar-refractivity contribution in [1.29, 1.82) is 0 Å². The van der Waals surface area contributed by atoms with Gasteiger partial charge < -0.3 is 24.1 Å². The Bertz CT molecular complexity index is 3230. The van der Waals surface area contributed by atoms with Gasteiger partial charge in [0.1, 0.15) is 11.5 Å². The number of halogens is 2. The second-order valence-corrected chi connectivity index (χ2v) is 24.2. The molecule has 414 valence electrons. The second-order valence-electron chi connectivity index (χ2n) is 22.4.